The van der Waals surface area contributed by atoms with Gasteiger partial charge in [-0.3, -0.25) is 0 Å². The zero-order chi connectivity index (χ0) is 15.0. The van der Waals surface area contributed by atoms with Crippen molar-refractivity contribution < 1.29 is 4.74 Å². The minimum absolute atomic E-state index is 0.167. The molecule has 1 atom stereocenters. The van der Waals surface area contributed by atoms with Crippen LogP contribution in [-0.4, -0.2) is 19.2 Å². The van der Waals surface area contributed by atoms with Gasteiger partial charge in [-0.2, -0.15) is 0 Å². The number of nitrogens with one attached hydrogen (secondary N) is 1. The highest BCUT2D eigenvalue weighted by Gasteiger charge is 2.15. The van der Waals surface area contributed by atoms with Crippen molar-refractivity contribution in [2.45, 2.75) is 65.4 Å². The van der Waals surface area contributed by atoms with E-state index in [9.17, 15) is 0 Å². The van der Waals surface area contributed by atoms with E-state index in [0.717, 1.165) is 31.7 Å². The molecule has 1 rings (SSSR count). The van der Waals surface area contributed by atoms with Gasteiger partial charge < -0.3 is 10.1 Å². The van der Waals surface area contributed by atoms with Crippen molar-refractivity contribution >= 4 is 0 Å². The van der Waals surface area contributed by atoms with Crippen molar-refractivity contribution in [3.63, 3.8) is 0 Å². The first-order valence-corrected chi connectivity index (χ1v) is 7.95. The van der Waals surface area contributed by atoms with Gasteiger partial charge in [-0.05, 0) is 42.5 Å². The third-order valence-corrected chi connectivity index (χ3v) is 3.41. The summed E-state index contributed by atoms with van der Waals surface area (Å²) in [5, 5.41) is 3.46. The van der Waals surface area contributed by atoms with Crippen LogP contribution in [-0.2, 0) is 5.41 Å². The molecule has 0 saturated carbocycles. The topological polar surface area (TPSA) is 21.3 Å². The van der Waals surface area contributed by atoms with Crippen LogP contribution in [0.4, 0.5) is 0 Å². The molecule has 0 bridgehead atoms. The lowest BCUT2D eigenvalue weighted by Crippen LogP contribution is -2.31. The first kappa shape index (κ1) is 17.0. The molecule has 1 aromatic rings. The Morgan fingerprint density at radius 2 is 1.90 bits per heavy atom. The van der Waals surface area contributed by atoms with Gasteiger partial charge in [0.15, 0.2) is 0 Å². The van der Waals surface area contributed by atoms with Gasteiger partial charge in [-0.15, -0.1) is 0 Å². The van der Waals surface area contributed by atoms with Crippen LogP contribution in [0, 0.1) is 0 Å². The molecule has 2 nitrogen and oxygen atoms in total. The molecule has 0 heterocycles. The van der Waals surface area contributed by atoms with Crippen molar-refractivity contribution in [2.75, 3.05) is 13.1 Å². The Kier molecular flexibility index (Phi) is 7.08. The Hall–Kier alpha value is -1.02. The number of benzene rings is 1. The Morgan fingerprint density at radius 3 is 2.50 bits per heavy atom. The average molecular weight is 277 g/mol. The fourth-order valence-electron chi connectivity index (χ4n) is 2.19. The zero-order valence-corrected chi connectivity index (χ0v) is 13.8. The van der Waals surface area contributed by atoms with Gasteiger partial charge in [-0.1, -0.05) is 53.2 Å². The highest BCUT2D eigenvalue weighted by molar-refractivity contribution is 5.32. The summed E-state index contributed by atoms with van der Waals surface area (Å²) < 4.78 is 6.17. The van der Waals surface area contributed by atoms with E-state index in [1.54, 1.807) is 0 Å². The Labute approximate surface area is 124 Å². The number of hydrogen-bond acceptors (Lipinski definition) is 2. The van der Waals surface area contributed by atoms with Crippen molar-refractivity contribution in [1.82, 2.24) is 5.32 Å². The lowest BCUT2D eigenvalue weighted by atomic mass is 9.87. The second-order valence-corrected chi connectivity index (χ2v) is 6.51. The predicted octanol–water partition coefficient (Wildman–Crippen LogP) is 4.53. The Balaban J connectivity index is 2.67. The summed E-state index contributed by atoms with van der Waals surface area (Å²) >= 11 is 0. The van der Waals surface area contributed by atoms with Gasteiger partial charge in [0.25, 0.3) is 0 Å². The maximum Gasteiger partial charge on any atom is 0.120 e. The van der Waals surface area contributed by atoms with Crippen LogP contribution in [0.2, 0.25) is 0 Å². The minimum Gasteiger partial charge on any atom is -0.489 e. The van der Waals surface area contributed by atoms with Gasteiger partial charge in [0.2, 0.25) is 0 Å². The van der Waals surface area contributed by atoms with Crippen molar-refractivity contribution in [3.05, 3.63) is 29.8 Å². The Bertz CT molecular complexity index is 381. The average Bonchev–Trinajstić information content (AvgIpc) is 2.38. The lowest BCUT2D eigenvalue weighted by Gasteiger charge is -2.23. The van der Waals surface area contributed by atoms with E-state index in [0.29, 0.717) is 0 Å². The predicted molar refractivity (Wildman–Crippen MR) is 87.6 cm³/mol. The number of ether oxygens (including phenoxy) is 1. The number of rotatable bonds is 8. The van der Waals surface area contributed by atoms with Crippen molar-refractivity contribution in [2.24, 2.45) is 0 Å². The fraction of sp³-hybridized carbons (Fsp3) is 0.667. The van der Waals surface area contributed by atoms with E-state index in [-0.39, 0.29) is 11.5 Å². The van der Waals surface area contributed by atoms with Crippen molar-refractivity contribution in [3.8, 4) is 5.75 Å². The van der Waals surface area contributed by atoms with Crippen LogP contribution in [0.1, 0.15) is 59.4 Å². The molecule has 0 radical (unpaired) electrons. The zero-order valence-electron chi connectivity index (χ0n) is 13.8. The van der Waals surface area contributed by atoms with Gasteiger partial charge in [0.1, 0.15) is 11.9 Å². The highest BCUT2D eigenvalue weighted by atomic mass is 16.5. The molecule has 0 saturated heterocycles. The van der Waals surface area contributed by atoms with Gasteiger partial charge in [0.05, 0.1) is 0 Å². The van der Waals surface area contributed by atoms with Crippen LogP contribution in [0.25, 0.3) is 0 Å². The van der Waals surface area contributed by atoms with E-state index in [1.807, 2.05) is 0 Å². The summed E-state index contributed by atoms with van der Waals surface area (Å²) in [6.45, 7) is 13.1. The molecule has 1 aromatic carbocycles. The van der Waals surface area contributed by atoms with Gasteiger partial charge in [-0.25, -0.2) is 0 Å². The highest BCUT2D eigenvalue weighted by Crippen LogP contribution is 2.26. The van der Waals surface area contributed by atoms with Crippen LogP contribution in [0.5, 0.6) is 5.75 Å². The fourth-order valence-corrected chi connectivity index (χ4v) is 2.19. The smallest absolute Gasteiger partial charge is 0.120 e. The second-order valence-electron chi connectivity index (χ2n) is 6.51. The first-order valence-electron chi connectivity index (χ1n) is 7.95. The van der Waals surface area contributed by atoms with E-state index >= 15 is 0 Å². The van der Waals surface area contributed by atoms with E-state index in [4.69, 9.17) is 4.74 Å². The lowest BCUT2D eigenvalue weighted by molar-refractivity contribution is 0.186. The molecule has 1 unspecified atom stereocenters. The number of hydrogen-bond donors (Lipinski definition) is 1. The standard InChI is InChI=1S/C18H31NO/c1-6-9-17(14-19-12-7-2)20-16-11-8-10-15(13-16)18(3,4)5/h8,10-11,13,17,19H,6-7,9,12,14H2,1-5H3. The molecular weight excluding hydrogens is 246 g/mol. The summed E-state index contributed by atoms with van der Waals surface area (Å²) in [4.78, 5) is 0. The molecule has 0 fully saturated rings. The van der Waals surface area contributed by atoms with Gasteiger partial charge in [0, 0.05) is 6.54 Å². The molecule has 0 amide bonds. The molecule has 114 valence electrons. The molecule has 0 aromatic heterocycles. The summed E-state index contributed by atoms with van der Waals surface area (Å²) in [7, 11) is 0. The molecule has 2 heteroatoms. The minimum atomic E-state index is 0.167. The normalized spacial score (nSPS) is 13.2. The SMILES string of the molecule is CCCNCC(CCC)Oc1cccc(C(C)(C)C)c1. The molecule has 0 aliphatic rings. The van der Waals surface area contributed by atoms with Crippen LogP contribution >= 0.6 is 0 Å². The molecular formula is C18H31NO. The van der Waals surface area contributed by atoms with E-state index < -0.39 is 0 Å². The quantitative estimate of drug-likeness (QED) is 0.705. The van der Waals surface area contributed by atoms with E-state index in [1.165, 1.54) is 12.0 Å². The Morgan fingerprint density at radius 1 is 1.15 bits per heavy atom. The molecule has 0 aliphatic heterocycles. The second kappa shape index (κ2) is 8.31. The maximum atomic E-state index is 6.17. The van der Waals surface area contributed by atoms with Crippen molar-refractivity contribution in [1.29, 1.82) is 0 Å². The molecule has 0 aliphatic carbocycles. The van der Waals surface area contributed by atoms with Gasteiger partial charge >= 0.3 is 0 Å². The summed E-state index contributed by atoms with van der Waals surface area (Å²) in [6.07, 6.45) is 3.67. The van der Waals surface area contributed by atoms with Crippen LogP contribution in [0.15, 0.2) is 24.3 Å². The van der Waals surface area contributed by atoms with E-state index in [2.05, 4.69) is 64.2 Å². The largest absolute Gasteiger partial charge is 0.489 e. The third-order valence-electron chi connectivity index (χ3n) is 3.41. The molecule has 20 heavy (non-hydrogen) atoms. The summed E-state index contributed by atoms with van der Waals surface area (Å²) in [6, 6.07) is 8.52. The first-order chi connectivity index (χ1) is 9.47. The molecule has 0 spiro atoms. The maximum absolute atomic E-state index is 6.17. The van der Waals surface area contributed by atoms with Crippen LogP contribution < -0.4 is 10.1 Å². The third kappa shape index (κ3) is 5.96. The monoisotopic (exact) mass is 277 g/mol. The molecule has 1 N–H and O–H groups in total. The summed E-state index contributed by atoms with van der Waals surface area (Å²) in [5.41, 5.74) is 1.49. The summed E-state index contributed by atoms with van der Waals surface area (Å²) in [5.74, 6) is 0.995. The van der Waals surface area contributed by atoms with Crippen LogP contribution in [0.3, 0.4) is 0 Å².